The van der Waals surface area contributed by atoms with Crippen LogP contribution in [-0.4, -0.2) is 69.7 Å². The maximum absolute atomic E-state index is 12.7. The molecule has 13 heteroatoms. The highest BCUT2D eigenvalue weighted by molar-refractivity contribution is 6.01. The highest BCUT2D eigenvalue weighted by Gasteiger charge is 2.47. The van der Waals surface area contributed by atoms with E-state index in [-0.39, 0.29) is 5.75 Å². The Morgan fingerprint density at radius 2 is 1.70 bits per heavy atom. The van der Waals surface area contributed by atoms with Crippen LogP contribution in [0.5, 0.6) is 5.75 Å². The number of nitrogens with one attached hydrogen (secondary N) is 1. The Kier molecular flexibility index (Phi) is 9.51. The van der Waals surface area contributed by atoms with Crippen molar-refractivity contribution in [1.82, 2.24) is 0 Å². The lowest BCUT2D eigenvalue weighted by Gasteiger charge is -2.43. The fourth-order valence-corrected chi connectivity index (χ4v) is 4.63. The van der Waals surface area contributed by atoms with Crippen molar-refractivity contribution in [2.45, 2.75) is 63.4 Å². The molecule has 0 saturated carbocycles. The minimum Gasteiger partial charge on any atom is -0.416 e. The van der Waals surface area contributed by atoms with Crippen molar-refractivity contribution in [1.29, 1.82) is 0 Å². The third kappa shape index (κ3) is 7.22. The fourth-order valence-electron chi connectivity index (χ4n) is 4.63. The summed E-state index contributed by atoms with van der Waals surface area (Å²) in [7, 11) is 3.03. The molecule has 2 heterocycles. The lowest BCUT2D eigenvalue weighted by Crippen LogP contribution is -2.60. The largest absolute Gasteiger partial charge is 0.573 e. The van der Waals surface area contributed by atoms with Crippen LogP contribution in [0.2, 0.25) is 0 Å². The Hall–Kier alpha value is -3.39. The fraction of sp³-hybridized carbons (Fsp3) is 0.481. The first-order valence-corrected chi connectivity index (χ1v) is 12.6. The number of amides is 1. The number of hydrogen-bond acceptors (Lipinski definition) is 9. The number of benzene rings is 2. The van der Waals surface area contributed by atoms with E-state index in [0.717, 1.165) is 5.56 Å². The van der Waals surface area contributed by atoms with E-state index in [1.807, 2.05) is 6.92 Å². The molecule has 10 nitrogen and oxygen atoms in total. The molecular weight excluding hydrogens is 537 g/mol. The summed E-state index contributed by atoms with van der Waals surface area (Å²) in [5, 5.41) is 6.74. The average molecular weight is 569 g/mol. The first kappa shape index (κ1) is 29.6. The van der Waals surface area contributed by atoms with Gasteiger partial charge in [0.2, 0.25) is 6.29 Å². The van der Waals surface area contributed by atoms with E-state index in [9.17, 15) is 18.0 Å². The van der Waals surface area contributed by atoms with Gasteiger partial charge in [-0.25, -0.2) is 4.79 Å². The first-order valence-electron chi connectivity index (χ1n) is 12.6. The number of ether oxygens (including phenoxy) is 6. The predicted molar refractivity (Wildman–Crippen MR) is 136 cm³/mol. The Balaban J connectivity index is 1.31. The number of hydrogen-bond donors (Lipinski definition) is 1. The van der Waals surface area contributed by atoms with Crippen LogP contribution in [0.4, 0.5) is 23.7 Å². The number of anilines is 1. The molecule has 0 aliphatic carbocycles. The zero-order valence-electron chi connectivity index (χ0n) is 22.3. The van der Waals surface area contributed by atoms with E-state index in [4.69, 9.17) is 28.5 Å². The van der Waals surface area contributed by atoms with Crippen LogP contribution in [-0.2, 0) is 28.5 Å². The number of halogens is 3. The van der Waals surface area contributed by atoms with E-state index >= 15 is 0 Å². The van der Waals surface area contributed by atoms with Gasteiger partial charge >= 0.3 is 12.5 Å². The molecule has 4 rings (SSSR count). The summed E-state index contributed by atoms with van der Waals surface area (Å²) in [6.07, 6.45) is -8.49. The van der Waals surface area contributed by atoms with Gasteiger partial charge in [-0.15, -0.1) is 13.2 Å². The molecule has 1 saturated heterocycles. The molecule has 1 unspecified atom stereocenters. The molecule has 0 aromatic heterocycles. The van der Waals surface area contributed by atoms with Gasteiger partial charge in [0.25, 0.3) is 0 Å². The van der Waals surface area contributed by atoms with Crippen LogP contribution < -0.4 is 10.1 Å². The Morgan fingerprint density at radius 1 is 1.02 bits per heavy atom. The van der Waals surface area contributed by atoms with Gasteiger partial charge in [0.1, 0.15) is 24.1 Å². The Labute approximate surface area is 229 Å². The third-order valence-corrected chi connectivity index (χ3v) is 6.47. The maximum atomic E-state index is 12.7. The van der Waals surface area contributed by atoms with Gasteiger partial charge in [0.05, 0.1) is 11.8 Å². The van der Waals surface area contributed by atoms with Gasteiger partial charge in [-0.05, 0) is 61.4 Å². The average Bonchev–Trinajstić information content (AvgIpc) is 3.39. The highest BCUT2D eigenvalue weighted by atomic mass is 19.4. The second-order valence-corrected chi connectivity index (χ2v) is 9.09. The molecule has 2 aromatic rings. The standard InChI is InChI=1S/C27H31F3N2O8/c1-5-36-23-22(34-3)15(2)37-25(24(23)35-4)38-26(33)31-18-10-6-17(7-11-18)21-14-20(32-40-21)16-8-12-19(13-9-16)39-27(28,29)30/h6-13,15,21-25H,5,14H2,1-4H3,(H,31,33)/t15-,21?,22-,23+,24+,25-/m0/s1. The monoisotopic (exact) mass is 568 g/mol. The van der Waals surface area contributed by atoms with Crippen molar-refractivity contribution < 1.29 is 51.2 Å². The summed E-state index contributed by atoms with van der Waals surface area (Å²) in [5.41, 5.74) is 2.48. The number of nitrogens with zero attached hydrogens (tertiary/aromatic N) is 1. The van der Waals surface area contributed by atoms with Crippen LogP contribution >= 0.6 is 0 Å². The van der Waals surface area contributed by atoms with Crippen molar-refractivity contribution in [3.05, 3.63) is 59.7 Å². The van der Waals surface area contributed by atoms with Crippen molar-refractivity contribution in [2.75, 3.05) is 26.1 Å². The molecule has 2 aliphatic rings. The van der Waals surface area contributed by atoms with Gasteiger partial charge in [-0.1, -0.05) is 17.3 Å². The van der Waals surface area contributed by atoms with E-state index in [1.54, 1.807) is 38.3 Å². The highest BCUT2D eigenvalue weighted by Crippen LogP contribution is 2.32. The van der Waals surface area contributed by atoms with Crippen molar-refractivity contribution in [3.63, 3.8) is 0 Å². The van der Waals surface area contributed by atoms with Crippen molar-refractivity contribution >= 4 is 17.5 Å². The number of alkyl halides is 3. The van der Waals surface area contributed by atoms with Crippen LogP contribution in [0, 0.1) is 0 Å². The summed E-state index contributed by atoms with van der Waals surface area (Å²) in [6.45, 7) is 4.07. The van der Waals surface area contributed by atoms with Crippen molar-refractivity contribution in [2.24, 2.45) is 5.16 Å². The summed E-state index contributed by atoms with van der Waals surface area (Å²) < 4.78 is 69.2. The van der Waals surface area contributed by atoms with E-state index in [2.05, 4.69) is 15.2 Å². The van der Waals surface area contributed by atoms with E-state index in [1.165, 1.54) is 31.4 Å². The molecule has 1 amide bonds. The van der Waals surface area contributed by atoms with Gasteiger partial charge in [-0.3, -0.25) is 5.32 Å². The van der Waals surface area contributed by atoms with Crippen LogP contribution in [0.25, 0.3) is 0 Å². The smallest absolute Gasteiger partial charge is 0.416 e. The zero-order chi connectivity index (χ0) is 28.9. The molecule has 0 radical (unpaired) electrons. The summed E-state index contributed by atoms with van der Waals surface area (Å²) in [5.74, 6) is -0.315. The lowest BCUT2D eigenvalue weighted by atomic mass is 9.99. The molecule has 2 aliphatic heterocycles. The molecule has 2 aromatic carbocycles. The second-order valence-electron chi connectivity index (χ2n) is 9.09. The molecule has 0 bridgehead atoms. The van der Waals surface area contributed by atoms with E-state index < -0.39 is 49.3 Å². The molecule has 40 heavy (non-hydrogen) atoms. The number of carbonyl (C=O) groups is 1. The van der Waals surface area contributed by atoms with E-state index in [0.29, 0.717) is 30.0 Å². The molecule has 1 N–H and O–H groups in total. The van der Waals surface area contributed by atoms with Crippen molar-refractivity contribution in [3.8, 4) is 5.75 Å². The topological polar surface area (TPSA) is 106 Å². The zero-order valence-corrected chi connectivity index (χ0v) is 22.3. The van der Waals surface area contributed by atoms with Gasteiger partial charge in [0, 0.05) is 32.9 Å². The molecule has 0 spiro atoms. The minimum atomic E-state index is -4.76. The van der Waals surface area contributed by atoms with Crippen LogP contribution in [0.1, 0.15) is 37.5 Å². The van der Waals surface area contributed by atoms with Gasteiger partial charge in [-0.2, -0.15) is 0 Å². The first-order chi connectivity index (χ1) is 19.1. The number of methoxy groups -OCH3 is 2. The SMILES string of the molecule is CCO[C@@H]1[C@@H](OC)[C@H](C)O[C@@H](OC(=O)Nc2ccc(C3CC(c4ccc(OC(F)(F)F)cc4)=NO3)cc2)[C@@H]1OC. The van der Waals surface area contributed by atoms with Crippen LogP contribution in [0.3, 0.4) is 0 Å². The lowest BCUT2D eigenvalue weighted by molar-refractivity contribution is -0.292. The second kappa shape index (κ2) is 12.9. The number of carbonyl (C=O) groups excluding carboxylic acids is 1. The summed E-state index contributed by atoms with van der Waals surface area (Å²) in [4.78, 5) is 18.2. The number of rotatable bonds is 9. The molecular formula is C27H31F3N2O8. The third-order valence-electron chi connectivity index (χ3n) is 6.47. The number of oxime groups is 1. The Morgan fingerprint density at radius 3 is 2.30 bits per heavy atom. The minimum absolute atomic E-state index is 0.315. The molecule has 1 fully saturated rings. The summed E-state index contributed by atoms with van der Waals surface area (Å²) >= 11 is 0. The molecule has 6 atom stereocenters. The normalized spacial score (nSPS) is 26.5. The predicted octanol–water partition coefficient (Wildman–Crippen LogP) is 5.18. The molecule has 218 valence electrons. The quantitative estimate of drug-likeness (QED) is 0.441. The maximum Gasteiger partial charge on any atom is 0.573 e. The van der Waals surface area contributed by atoms with Gasteiger partial charge in [0.15, 0.2) is 6.10 Å². The van der Waals surface area contributed by atoms with Gasteiger partial charge < -0.3 is 33.3 Å². The van der Waals surface area contributed by atoms with Crippen LogP contribution in [0.15, 0.2) is 53.7 Å². The summed E-state index contributed by atoms with van der Waals surface area (Å²) in [6, 6.07) is 12.3. The Bertz CT molecular complexity index is 1160.